The van der Waals surface area contributed by atoms with Crippen molar-refractivity contribution in [1.29, 1.82) is 0 Å². The Kier molecular flexibility index (Phi) is 8.90. The Balaban J connectivity index is 0.00000160. The van der Waals surface area contributed by atoms with Crippen LogP contribution < -0.4 is 9.64 Å². The van der Waals surface area contributed by atoms with E-state index in [0.717, 1.165) is 35.8 Å². The predicted molar refractivity (Wildman–Crippen MR) is 130 cm³/mol. The number of fused-ring (bicyclic) bond motifs is 1. The molecule has 3 aromatic rings. The summed E-state index contributed by atoms with van der Waals surface area (Å²) >= 11 is 0. The first-order valence-corrected chi connectivity index (χ1v) is 9.45. The van der Waals surface area contributed by atoms with E-state index in [1.165, 1.54) is 11.3 Å². The predicted octanol–water partition coefficient (Wildman–Crippen LogP) is 5.46. The van der Waals surface area contributed by atoms with Gasteiger partial charge in [-0.05, 0) is 42.0 Å². The monoisotopic (exact) mass is 441 g/mol. The van der Waals surface area contributed by atoms with Crippen LogP contribution in [0.1, 0.15) is 16.8 Å². The molecule has 0 radical (unpaired) electrons. The molecule has 1 aliphatic heterocycles. The van der Waals surface area contributed by atoms with Gasteiger partial charge in [0.2, 0.25) is 0 Å². The molecule has 0 amide bonds. The van der Waals surface area contributed by atoms with Crippen molar-refractivity contribution < 1.29 is 4.74 Å². The van der Waals surface area contributed by atoms with Crippen LogP contribution in [-0.4, -0.2) is 30.8 Å². The second-order valence-corrected chi connectivity index (χ2v) is 6.72. The summed E-state index contributed by atoms with van der Waals surface area (Å²) in [5.41, 5.74) is 5.39. The number of likely N-dealkylation sites (N-methyl/N-ethyl adjacent to an activating group) is 1. The van der Waals surface area contributed by atoms with E-state index >= 15 is 0 Å². The number of aromatic nitrogens is 1. The van der Waals surface area contributed by atoms with Gasteiger partial charge < -0.3 is 9.64 Å². The molecule has 0 fully saturated rings. The lowest BCUT2D eigenvalue weighted by Gasteiger charge is -2.18. The fraction of sp³-hybridized carbons (Fsp3) is 0.167. The van der Waals surface area contributed by atoms with Gasteiger partial charge in [-0.25, -0.2) is 0 Å². The van der Waals surface area contributed by atoms with Gasteiger partial charge in [0.25, 0.3) is 0 Å². The number of hydrogen-bond donors (Lipinski definition) is 0. The van der Waals surface area contributed by atoms with E-state index in [9.17, 15) is 0 Å². The number of hydrogen-bond acceptors (Lipinski definition) is 4. The van der Waals surface area contributed by atoms with Gasteiger partial charge in [-0.1, -0.05) is 42.5 Å². The number of benzene rings is 2. The molecule has 2 aromatic carbocycles. The topological polar surface area (TPSA) is 37.7 Å². The van der Waals surface area contributed by atoms with Crippen molar-refractivity contribution in [2.24, 2.45) is 4.99 Å². The Bertz CT molecular complexity index is 1010. The summed E-state index contributed by atoms with van der Waals surface area (Å²) in [5, 5.41) is 0. The molecule has 156 valence electrons. The maximum absolute atomic E-state index is 5.88. The van der Waals surface area contributed by atoms with Gasteiger partial charge in [0.1, 0.15) is 12.4 Å². The molecule has 0 bridgehead atoms. The number of halogens is 2. The number of aliphatic imine (C=N–C) groups is 1. The van der Waals surface area contributed by atoms with Gasteiger partial charge in [-0.15, -0.1) is 24.8 Å². The van der Waals surface area contributed by atoms with E-state index in [-0.39, 0.29) is 24.8 Å². The second kappa shape index (κ2) is 11.4. The quantitative estimate of drug-likeness (QED) is 0.527. The largest absolute Gasteiger partial charge is 0.487 e. The third kappa shape index (κ3) is 5.85. The van der Waals surface area contributed by atoms with Crippen LogP contribution in [0.5, 0.6) is 5.75 Å². The Morgan fingerprint density at radius 3 is 2.63 bits per heavy atom. The van der Waals surface area contributed by atoms with Crippen molar-refractivity contribution in [3.8, 4) is 5.75 Å². The molecular weight excluding hydrogens is 417 g/mol. The third-order valence-corrected chi connectivity index (χ3v) is 4.71. The summed E-state index contributed by atoms with van der Waals surface area (Å²) in [6, 6.07) is 22.3. The van der Waals surface area contributed by atoms with Gasteiger partial charge in [-0.2, -0.15) is 0 Å². The lowest BCUT2D eigenvalue weighted by atomic mass is 10.1. The molecule has 2 heterocycles. The Hall–Kier alpha value is -2.82. The first kappa shape index (κ1) is 23.5. The number of pyridine rings is 1. The van der Waals surface area contributed by atoms with Gasteiger partial charge >= 0.3 is 0 Å². The minimum absolute atomic E-state index is 0. The molecule has 6 heteroatoms. The first-order valence-electron chi connectivity index (χ1n) is 9.45. The van der Waals surface area contributed by atoms with E-state index in [0.29, 0.717) is 6.61 Å². The maximum Gasteiger partial charge on any atom is 0.130 e. The number of para-hydroxylation sites is 1. The molecule has 4 rings (SSSR count). The van der Waals surface area contributed by atoms with Gasteiger partial charge in [0.15, 0.2) is 0 Å². The molecule has 0 atom stereocenters. The van der Waals surface area contributed by atoms with E-state index in [2.05, 4.69) is 59.4 Å². The summed E-state index contributed by atoms with van der Waals surface area (Å²) < 4.78 is 5.88. The third-order valence-electron chi connectivity index (χ3n) is 4.71. The average molecular weight is 442 g/mol. The first-order chi connectivity index (χ1) is 13.8. The van der Waals surface area contributed by atoms with Crippen molar-refractivity contribution in [3.63, 3.8) is 0 Å². The number of anilines is 1. The van der Waals surface area contributed by atoms with Crippen LogP contribution >= 0.6 is 24.8 Å². The van der Waals surface area contributed by atoms with Crippen LogP contribution in [0.4, 0.5) is 5.69 Å². The zero-order chi connectivity index (χ0) is 19.2. The molecule has 1 aliphatic rings. The molecule has 4 nitrogen and oxygen atoms in total. The van der Waals surface area contributed by atoms with Crippen molar-refractivity contribution >= 4 is 42.3 Å². The number of benzodiazepines with no additional fused rings is 1. The highest BCUT2D eigenvalue weighted by atomic mass is 35.5. The van der Waals surface area contributed by atoms with Crippen molar-refractivity contribution in [2.45, 2.75) is 6.61 Å². The normalized spacial score (nSPS) is 12.8. The molecular formula is C24H25Cl2N3O. The molecule has 0 N–H and O–H groups in total. The number of allylic oxidation sites excluding steroid dienone is 1. The summed E-state index contributed by atoms with van der Waals surface area (Å²) in [4.78, 5) is 11.3. The number of rotatable bonds is 5. The summed E-state index contributed by atoms with van der Waals surface area (Å²) in [6.45, 7) is 2.17. The van der Waals surface area contributed by atoms with Gasteiger partial charge in [0, 0.05) is 31.0 Å². The molecule has 0 spiro atoms. The van der Waals surface area contributed by atoms with Crippen LogP contribution in [0, 0.1) is 0 Å². The van der Waals surface area contributed by atoms with Crippen molar-refractivity contribution in [3.05, 3.63) is 95.8 Å². The molecule has 1 aromatic heterocycles. The zero-order valence-electron chi connectivity index (χ0n) is 16.8. The van der Waals surface area contributed by atoms with E-state index < -0.39 is 0 Å². The summed E-state index contributed by atoms with van der Waals surface area (Å²) in [7, 11) is 2.11. The molecule has 0 saturated heterocycles. The van der Waals surface area contributed by atoms with Crippen LogP contribution in [0.15, 0.2) is 84.0 Å². The highest BCUT2D eigenvalue weighted by Gasteiger charge is 2.13. The minimum atomic E-state index is 0. The maximum atomic E-state index is 5.88. The van der Waals surface area contributed by atoms with Gasteiger partial charge in [-0.3, -0.25) is 9.98 Å². The fourth-order valence-corrected chi connectivity index (χ4v) is 3.22. The molecule has 30 heavy (non-hydrogen) atoms. The van der Waals surface area contributed by atoms with Gasteiger partial charge in [0.05, 0.1) is 18.0 Å². The van der Waals surface area contributed by atoms with Crippen molar-refractivity contribution in [2.75, 3.05) is 25.0 Å². The summed E-state index contributed by atoms with van der Waals surface area (Å²) in [5.74, 6) is 0.829. The van der Waals surface area contributed by atoms with Crippen molar-refractivity contribution in [1.82, 2.24) is 4.98 Å². The number of nitrogens with zero attached hydrogens (tertiary/aromatic N) is 3. The molecule has 0 unspecified atom stereocenters. The number of ether oxygens (including phenoxy) is 1. The smallest absolute Gasteiger partial charge is 0.130 e. The lowest BCUT2D eigenvalue weighted by molar-refractivity contribution is 0.301. The van der Waals surface area contributed by atoms with E-state index in [1.54, 1.807) is 6.20 Å². The van der Waals surface area contributed by atoms with E-state index in [1.807, 2.05) is 36.4 Å². The van der Waals surface area contributed by atoms with Crippen LogP contribution in [-0.2, 0) is 6.61 Å². The summed E-state index contributed by atoms with van der Waals surface area (Å²) in [6.07, 6.45) is 5.96. The molecule has 0 saturated carbocycles. The van der Waals surface area contributed by atoms with Crippen LogP contribution in [0.2, 0.25) is 0 Å². The van der Waals surface area contributed by atoms with Crippen LogP contribution in [0.3, 0.4) is 0 Å². The van der Waals surface area contributed by atoms with E-state index in [4.69, 9.17) is 9.73 Å². The highest BCUT2D eigenvalue weighted by Crippen LogP contribution is 2.23. The fourth-order valence-electron chi connectivity index (χ4n) is 3.22. The SMILES string of the molecule is CN1CCN=C(C=Cc2cccc(OCc3ccccn3)c2)c2ccccc21.Cl.Cl. The second-order valence-electron chi connectivity index (χ2n) is 6.72. The Labute approximate surface area is 190 Å². The highest BCUT2D eigenvalue weighted by molar-refractivity contribution is 6.14. The standard InChI is InChI=1S/C24H23N3O.2ClH/c1-27-16-15-26-23(22-10-2-3-11-24(22)27)13-12-19-7-6-9-21(17-19)28-18-20-8-4-5-14-25-20;;/h2-14,17H,15-16,18H2,1H3;2*1H. The minimum Gasteiger partial charge on any atom is -0.487 e. The Morgan fingerprint density at radius 2 is 1.80 bits per heavy atom. The lowest BCUT2D eigenvalue weighted by Crippen LogP contribution is -2.20. The van der Waals surface area contributed by atoms with Crippen LogP contribution in [0.25, 0.3) is 6.08 Å². The molecule has 0 aliphatic carbocycles. The average Bonchev–Trinajstić information content (AvgIpc) is 2.91. The zero-order valence-corrected chi connectivity index (χ0v) is 18.4. The Morgan fingerprint density at radius 1 is 0.967 bits per heavy atom.